The Morgan fingerprint density at radius 3 is 2.87 bits per heavy atom. The zero-order valence-electron chi connectivity index (χ0n) is 8.21. The number of carbonyl (C=O) groups is 1. The van der Waals surface area contributed by atoms with Crippen molar-refractivity contribution in [2.75, 3.05) is 7.11 Å². The molecule has 0 fully saturated rings. The predicted molar refractivity (Wildman–Crippen MR) is 62.3 cm³/mol. The van der Waals surface area contributed by atoms with Crippen LogP contribution in [-0.4, -0.2) is 18.1 Å². The molecule has 1 aromatic carbocycles. The summed E-state index contributed by atoms with van der Waals surface area (Å²) >= 11 is 3.34. The minimum absolute atomic E-state index is 0.304. The predicted octanol–water partition coefficient (Wildman–Crippen LogP) is 2.85. The highest BCUT2D eigenvalue weighted by Gasteiger charge is 2.17. The summed E-state index contributed by atoms with van der Waals surface area (Å²) in [6.45, 7) is 0. The average molecular weight is 268 g/mol. The summed E-state index contributed by atoms with van der Waals surface area (Å²) in [6.07, 6.45) is 0. The van der Waals surface area contributed by atoms with Crippen molar-refractivity contribution in [3.05, 3.63) is 35.5 Å². The molecule has 0 radical (unpaired) electrons. The van der Waals surface area contributed by atoms with Crippen molar-refractivity contribution in [1.82, 2.24) is 4.98 Å². The summed E-state index contributed by atoms with van der Waals surface area (Å²) < 4.78 is 4.77. The first-order chi connectivity index (χ1) is 7.27. The van der Waals surface area contributed by atoms with E-state index in [0.29, 0.717) is 10.9 Å². The number of nitrogens with one attached hydrogen (secondary N) is 1. The quantitative estimate of drug-likeness (QED) is 0.672. The largest absolute Gasteiger partial charge is 0.465 e. The molecular weight excluding hydrogens is 258 g/mol. The normalized spacial score (nSPS) is 10.5. The monoisotopic (exact) mass is 267 g/mol. The van der Waals surface area contributed by atoms with Gasteiger partial charge in [0.15, 0.2) is 0 Å². The molecule has 1 heterocycles. The third-order valence-corrected chi connectivity index (χ3v) is 2.87. The van der Waals surface area contributed by atoms with E-state index in [9.17, 15) is 4.79 Å². The molecule has 2 rings (SSSR count). The van der Waals surface area contributed by atoms with Crippen LogP contribution in [0.25, 0.3) is 10.9 Å². The third-order valence-electron chi connectivity index (χ3n) is 2.31. The second-order valence-electron chi connectivity index (χ2n) is 3.15. The number of rotatable bonds is 2. The van der Waals surface area contributed by atoms with Crippen LogP contribution in [0.4, 0.5) is 0 Å². The van der Waals surface area contributed by atoms with Crippen LogP contribution >= 0.6 is 15.9 Å². The molecule has 0 saturated carbocycles. The molecule has 2 aromatic rings. The van der Waals surface area contributed by atoms with Crippen molar-refractivity contribution in [3.63, 3.8) is 0 Å². The molecule has 78 valence electrons. The highest BCUT2D eigenvalue weighted by Crippen LogP contribution is 2.24. The minimum Gasteiger partial charge on any atom is -0.465 e. The number of para-hydroxylation sites is 1. The van der Waals surface area contributed by atoms with Gasteiger partial charge in [-0.15, -0.1) is 0 Å². The van der Waals surface area contributed by atoms with Crippen LogP contribution in [0.2, 0.25) is 0 Å². The first-order valence-electron chi connectivity index (χ1n) is 4.51. The van der Waals surface area contributed by atoms with Crippen LogP contribution in [0.5, 0.6) is 0 Å². The van der Waals surface area contributed by atoms with Gasteiger partial charge >= 0.3 is 5.97 Å². The van der Waals surface area contributed by atoms with Crippen molar-refractivity contribution < 1.29 is 9.53 Å². The fourth-order valence-electron chi connectivity index (χ4n) is 1.63. The van der Waals surface area contributed by atoms with Gasteiger partial charge in [-0.25, -0.2) is 4.79 Å². The van der Waals surface area contributed by atoms with E-state index >= 15 is 0 Å². The molecule has 0 amide bonds. The van der Waals surface area contributed by atoms with Crippen molar-refractivity contribution in [2.45, 2.75) is 5.33 Å². The number of fused-ring (bicyclic) bond motifs is 1. The first kappa shape index (κ1) is 10.2. The van der Waals surface area contributed by atoms with Gasteiger partial charge in [0, 0.05) is 21.9 Å². The lowest BCUT2D eigenvalue weighted by molar-refractivity contribution is 0.0602. The molecule has 0 unspecified atom stereocenters. The molecule has 0 aliphatic rings. The Morgan fingerprint density at radius 2 is 2.20 bits per heavy atom. The summed E-state index contributed by atoms with van der Waals surface area (Å²) in [6, 6.07) is 7.68. The van der Waals surface area contributed by atoms with Crippen LogP contribution < -0.4 is 0 Å². The fraction of sp³-hybridized carbons (Fsp3) is 0.182. The summed E-state index contributed by atoms with van der Waals surface area (Å²) in [5, 5.41) is 1.50. The number of carbonyl (C=O) groups excluding carboxylic acids is 1. The van der Waals surface area contributed by atoms with Crippen molar-refractivity contribution in [1.29, 1.82) is 0 Å². The highest BCUT2D eigenvalue weighted by molar-refractivity contribution is 9.08. The Morgan fingerprint density at radius 1 is 1.47 bits per heavy atom. The number of hydrogen-bond donors (Lipinski definition) is 1. The van der Waals surface area contributed by atoms with Gasteiger partial charge in [0.1, 0.15) is 0 Å². The van der Waals surface area contributed by atoms with E-state index in [2.05, 4.69) is 20.9 Å². The van der Waals surface area contributed by atoms with Gasteiger partial charge in [-0.05, 0) is 6.07 Å². The van der Waals surface area contributed by atoms with Gasteiger partial charge in [0.2, 0.25) is 0 Å². The van der Waals surface area contributed by atoms with Crippen LogP contribution in [0.1, 0.15) is 16.1 Å². The van der Waals surface area contributed by atoms with E-state index in [-0.39, 0.29) is 5.97 Å². The Bertz CT molecular complexity index is 504. The molecular formula is C11H10BrNO2. The van der Waals surface area contributed by atoms with Gasteiger partial charge in [-0.2, -0.15) is 0 Å². The van der Waals surface area contributed by atoms with Crippen LogP contribution in [0.3, 0.4) is 0 Å². The molecule has 4 heteroatoms. The second-order valence-corrected chi connectivity index (χ2v) is 3.71. The molecule has 0 aliphatic carbocycles. The number of hydrogen-bond acceptors (Lipinski definition) is 2. The molecule has 15 heavy (non-hydrogen) atoms. The number of H-pyrrole nitrogens is 1. The topological polar surface area (TPSA) is 42.1 Å². The summed E-state index contributed by atoms with van der Waals surface area (Å²) in [7, 11) is 1.39. The van der Waals surface area contributed by atoms with Crippen LogP contribution in [-0.2, 0) is 10.1 Å². The zero-order chi connectivity index (χ0) is 10.8. The van der Waals surface area contributed by atoms with E-state index in [1.54, 1.807) is 0 Å². The highest BCUT2D eigenvalue weighted by atomic mass is 79.9. The maximum absolute atomic E-state index is 11.6. The average Bonchev–Trinajstić information content (AvgIpc) is 2.66. The van der Waals surface area contributed by atoms with E-state index < -0.39 is 0 Å². The number of methoxy groups -OCH3 is 1. The molecule has 0 bridgehead atoms. The minimum atomic E-state index is -0.304. The summed E-state index contributed by atoms with van der Waals surface area (Å²) in [5.41, 5.74) is 2.42. The Labute approximate surface area is 95.6 Å². The van der Waals surface area contributed by atoms with Crippen molar-refractivity contribution in [2.24, 2.45) is 0 Å². The third kappa shape index (κ3) is 1.65. The lowest BCUT2D eigenvalue weighted by atomic mass is 10.1. The van der Waals surface area contributed by atoms with Crippen molar-refractivity contribution in [3.8, 4) is 0 Å². The SMILES string of the molecule is COC(=O)c1c(CBr)[nH]c2ccccc12. The number of esters is 1. The van der Waals surface area contributed by atoms with Gasteiger partial charge in [-0.3, -0.25) is 0 Å². The second kappa shape index (κ2) is 4.06. The Balaban J connectivity index is 2.72. The molecule has 0 saturated heterocycles. The maximum atomic E-state index is 11.6. The van der Waals surface area contributed by atoms with Gasteiger partial charge < -0.3 is 9.72 Å². The van der Waals surface area contributed by atoms with E-state index in [4.69, 9.17) is 4.74 Å². The fourth-order valence-corrected chi connectivity index (χ4v) is 2.05. The van der Waals surface area contributed by atoms with Gasteiger partial charge in [-0.1, -0.05) is 34.1 Å². The number of aromatic nitrogens is 1. The molecule has 0 spiro atoms. The van der Waals surface area contributed by atoms with E-state index in [0.717, 1.165) is 16.6 Å². The molecule has 1 aromatic heterocycles. The lowest BCUT2D eigenvalue weighted by Crippen LogP contribution is -2.03. The lowest BCUT2D eigenvalue weighted by Gasteiger charge is -1.99. The Hall–Kier alpha value is -1.29. The van der Waals surface area contributed by atoms with Crippen LogP contribution in [0.15, 0.2) is 24.3 Å². The summed E-state index contributed by atoms with van der Waals surface area (Å²) in [4.78, 5) is 14.8. The molecule has 0 aliphatic heterocycles. The standard InChI is InChI=1S/C11H10BrNO2/c1-15-11(14)10-7-4-2-3-5-8(7)13-9(10)6-12/h2-5,13H,6H2,1H3. The molecule has 3 nitrogen and oxygen atoms in total. The first-order valence-corrected chi connectivity index (χ1v) is 5.64. The molecule has 0 atom stereocenters. The van der Waals surface area contributed by atoms with E-state index in [1.165, 1.54) is 7.11 Å². The van der Waals surface area contributed by atoms with Gasteiger partial charge in [0.25, 0.3) is 0 Å². The molecule has 1 N–H and O–H groups in total. The number of halogens is 1. The Kier molecular flexibility index (Phi) is 2.77. The van der Waals surface area contributed by atoms with Crippen LogP contribution in [0, 0.1) is 0 Å². The van der Waals surface area contributed by atoms with E-state index in [1.807, 2.05) is 24.3 Å². The number of alkyl halides is 1. The number of benzene rings is 1. The smallest absolute Gasteiger partial charge is 0.340 e. The number of ether oxygens (including phenoxy) is 1. The van der Waals surface area contributed by atoms with Gasteiger partial charge in [0.05, 0.1) is 12.7 Å². The number of aromatic amines is 1. The zero-order valence-corrected chi connectivity index (χ0v) is 9.80. The maximum Gasteiger partial charge on any atom is 0.340 e. The van der Waals surface area contributed by atoms with Crippen molar-refractivity contribution >= 4 is 32.8 Å². The summed E-state index contributed by atoms with van der Waals surface area (Å²) in [5.74, 6) is -0.304.